The van der Waals surface area contributed by atoms with Crippen molar-refractivity contribution in [1.29, 1.82) is 0 Å². The Bertz CT molecular complexity index is 1270. The van der Waals surface area contributed by atoms with E-state index in [2.05, 4.69) is 70.4 Å². The second-order valence-corrected chi connectivity index (χ2v) is 16.1. The standard InChI is InChI=1S/C36H51N3OS/c1-21-6-9-27(10-7-21)41-39-20-25-18-35(5)26(15-32(25)37)8-11-29-28-12-13-36(17-23(3)30(28)16-31(29)35)24(4)34-33(40-36)14-22(2)19-38-34/h6-7,9-10,20,22,24,26,28-29,31,33-34,38H,8,11-19,37H2,1-5H3/b39-20+/t22-,24?,26?,28?,29?,31?,33?,34?,35?,36?/m0/s1. The molecule has 0 aromatic heterocycles. The molecule has 1 aromatic carbocycles. The van der Waals surface area contributed by atoms with Crippen LogP contribution in [0.4, 0.5) is 0 Å². The van der Waals surface area contributed by atoms with Gasteiger partial charge in [0, 0.05) is 40.7 Å². The van der Waals surface area contributed by atoms with Crippen LogP contribution in [0.2, 0.25) is 0 Å². The Labute approximate surface area is 252 Å². The van der Waals surface area contributed by atoms with E-state index in [1.165, 1.54) is 54.6 Å². The number of nitrogens with one attached hydrogen (secondary N) is 1. The van der Waals surface area contributed by atoms with Gasteiger partial charge in [-0.2, -0.15) is 0 Å². The fraction of sp³-hybridized carbons (Fsp3) is 0.694. The lowest BCUT2D eigenvalue weighted by Crippen LogP contribution is -2.48. The number of piperidine rings is 1. The first-order chi connectivity index (χ1) is 19.7. The summed E-state index contributed by atoms with van der Waals surface area (Å²) in [6, 6.07) is 9.16. The highest BCUT2D eigenvalue weighted by molar-refractivity contribution is 7.98. The van der Waals surface area contributed by atoms with E-state index in [0.717, 1.165) is 55.2 Å². The summed E-state index contributed by atoms with van der Waals surface area (Å²) in [5, 5.41) is 3.89. The zero-order chi connectivity index (χ0) is 28.5. The molecule has 1 aromatic rings. The lowest BCUT2D eigenvalue weighted by molar-refractivity contribution is -0.0733. The fourth-order valence-electron chi connectivity index (χ4n) is 10.5. The van der Waals surface area contributed by atoms with Gasteiger partial charge in [-0.3, -0.25) is 0 Å². The maximum atomic E-state index is 7.10. The predicted molar refractivity (Wildman–Crippen MR) is 171 cm³/mol. The van der Waals surface area contributed by atoms with Crippen LogP contribution in [0.5, 0.6) is 0 Å². The number of hydrogen-bond donors (Lipinski definition) is 2. The minimum atomic E-state index is 0.0329. The van der Waals surface area contributed by atoms with E-state index in [0.29, 0.717) is 29.4 Å². The van der Waals surface area contributed by atoms with Gasteiger partial charge in [-0.05, 0) is 131 Å². The Balaban J connectivity index is 1.10. The minimum absolute atomic E-state index is 0.0329. The molecule has 0 amide bonds. The number of aryl methyl sites for hydroxylation is 1. The average Bonchev–Trinajstić information content (AvgIpc) is 3.40. The smallest absolute Gasteiger partial charge is 0.0765 e. The third kappa shape index (κ3) is 4.77. The second-order valence-electron chi connectivity index (χ2n) is 15.2. The molecule has 3 N–H and O–H groups in total. The molecule has 4 nitrogen and oxygen atoms in total. The normalized spacial score (nSPS) is 44.1. The number of rotatable bonds is 3. The van der Waals surface area contributed by atoms with Crippen molar-refractivity contribution in [2.24, 2.45) is 51.1 Å². The number of allylic oxidation sites excluding steroid dienone is 3. The molecule has 6 aliphatic rings. The van der Waals surface area contributed by atoms with Crippen LogP contribution in [0.25, 0.3) is 0 Å². The van der Waals surface area contributed by atoms with Crippen LogP contribution >= 0.6 is 11.9 Å². The monoisotopic (exact) mass is 573 g/mol. The van der Waals surface area contributed by atoms with Gasteiger partial charge < -0.3 is 15.8 Å². The quantitative estimate of drug-likeness (QED) is 0.218. The highest BCUT2D eigenvalue weighted by atomic mass is 32.2. The number of fused-ring (bicyclic) bond motifs is 6. The Morgan fingerprint density at radius 3 is 2.68 bits per heavy atom. The maximum Gasteiger partial charge on any atom is 0.0765 e. The second kappa shape index (κ2) is 10.6. The summed E-state index contributed by atoms with van der Waals surface area (Å²) in [6.45, 7) is 13.2. The number of hydrogen-bond acceptors (Lipinski definition) is 5. The van der Waals surface area contributed by atoms with Crippen molar-refractivity contribution >= 4 is 18.2 Å². The Hall–Kier alpha value is -1.56. The van der Waals surface area contributed by atoms with Gasteiger partial charge in [0.25, 0.3) is 0 Å². The van der Waals surface area contributed by atoms with Gasteiger partial charge in [0.05, 0.1) is 11.7 Å². The van der Waals surface area contributed by atoms with E-state index in [9.17, 15) is 0 Å². The zero-order valence-corrected chi connectivity index (χ0v) is 26.7. The Morgan fingerprint density at radius 1 is 1.07 bits per heavy atom. The number of ether oxygens (including phenoxy) is 1. The molecule has 2 saturated carbocycles. The summed E-state index contributed by atoms with van der Waals surface area (Å²) < 4.78 is 11.9. The molecule has 41 heavy (non-hydrogen) atoms. The van der Waals surface area contributed by atoms with Crippen LogP contribution in [0.15, 0.2) is 56.0 Å². The highest BCUT2D eigenvalue weighted by Crippen LogP contribution is 2.65. The predicted octanol–water partition coefficient (Wildman–Crippen LogP) is 8.02. The molecule has 222 valence electrons. The number of benzene rings is 1. The van der Waals surface area contributed by atoms with Crippen LogP contribution in [-0.2, 0) is 4.74 Å². The highest BCUT2D eigenvalue weighted by Gasteiger charge is 2.59. The van der Waals surface area contributed by atoms with Gasteiger partial charge in [-0.15, -0.1) is 0 Å². The molecular formula is C36H51N3OS. The molecule has 0 radical (unpaired) electrons. The van der Waals surface area contributed by atoms with Crippen molar-refractivity contribution in [3.05, 3.63) is 52.2 Å². The molecule has 0 bridgehead atoms. The van der Waals surface area contributed by atoms with Crippen molar-refractivity contribution < 1.29 is 4.74 Å². The summed E-state index contributed by atoms with van der Waals surface area (Å²) in [5.74, 6) is 4.33. The van der Waals surface area contributed by atoms with E-state index in [4.69, 9.17) is 14.9 Å². The van der Waals surface area contributed by atoms with Crippen LogP contribution in [0, 0.1) is 47.8 Å². The van der Waals surface area contributed by atoms with Crippen molar-refractivity contribution in [3.63, 3.8) is 0 Å². The van der Waals surface area contributed by atoms with Gasteiger partial charge in [-0.25, -0.2) is 4.40 Å². The van der Waals surface area contributed by atoms with E-state index in [-0.39, 0.29) is 5.60 Å². The van der Waals surface area contributed by atoms with Crippen LogP contribution in [-0.4, -0.2) is 30.5 Å². The van der Waals surface area contributed by atoms with Crippen molar-refractivity contribution in [2.75, 3.05) is 6.54 Å². The maximum absolute atomic E-state index is 7.10. The minimum Gasteiger partial charge on any atom is -0.402 e. The molecular weight excluding hydrogens is 522 g/mol. The largest absolute Gasteiger partial charge is 0.402 e. The molecule has 2 saturated heterocycles. The molecule has 4 aliphatic carbocycles. The average molecular weight is 574 g/mol. The van der Waals surface area contributed by atoms with Crippen LogP contribution in [0.1, 0.15) is 91.0 Å². The summed E-state index contributed by atoms with van der Waals surface area (Å²) >= 11 is 1.56. The fourth-order valence-corrected chi connectivity index (χ4v) is 11.1. The van der Waals surface area contributed by atoms with Crippen molar-refractivity contribution in [1.82, 2.24) is 5.32 Å². The van der Waals surface area contributed by atoms with Crippen molar-refractivity contribution in [2.45, 2.75) is 115 Å². The Kier molecular flexibility index (Phi) is 7.27. The molecule has 5 heteroatoms. The zero-order valence-electron chi connectivity index (χ0n) is 25.9. The number of nitrogens with two attached hydrogens (primary N) is 1. The van der Waals surface area contributed by atoms with E-state index >= 15 is 0 Å². The molecule has 10 atom stereocenters. The molecule has 2 aliphatic heterocycles. The van der Waals surface area contributed by atoms with Crippen LogP contribution < -0.4 is 11.1 Å². The summed E-state index contributed by atoms with van der Waals surface area (Å²) in [4.78, 5) is 1.19. The lowest BCUT2D eigenvalue weighted by atomic mass is 9.52. The van der Waals surface area contributed by atoms with Gasteiger partial charge in [-0.1, -0.05) is 49.6 Å². The van der Waals surface area contributed by atoms with Gasteiger partial charge in [0.15, 0.2) is 0 Å². The molecule has 2 heterocycles. The number of nitrogens with zero attached hydrogens (tertiary/aromatic N) is 1. The summed E-state index contributed by atoms with van der Waals surface area (Å²) in [7, 11) is 0. The molecule has 1 spiro atoms. The molecule has 7 rings (SSSR count). The topological polar surface area (TPSA) is 59.6 Å². The van der Waals surface area contributed by atoms with E-state index in [1.807, 2.05) is 5.57 Å². The molecule has 4 fully saturated rings. The first-order valence-electron chi connectivity index (χ1n) is 16.5. The summed E-state index contributed by atoms with van der Waals surface area (Å²) in [6.07, 6.45) is 13.5. The Morgan fingerprint density at radius 2 is 1.88 bits per heavy atom. The lowest BCUT2D eigenvalue weighted by Gasteiger charge is -2.52. The van der Waals surface area contributed by atoms with Crippen molar-refractivity contribution in [3.8, 4) is 0 Å². The summed E-state index contributed by atoms with van der Waals surface area (Å²) in [5.41, 5.74) is 14.2. The van der Waals surface area contributed by atoms with Gasteiger partial charge >= 0.3 is 0 Å². The van der Waals surface area contributed by atoms with Gasteiger partial charge in [0.1, 0.15) is 0 Å². The first-order valence-corrected chi connectivity index (χ1v) is 17.3. The third-order valence-corrected chi connectivity index (χ3v) is 13.6. The first kappa shape index (κ1) is 28.2. The van der Waals surface area contributed by atoms with Gasteiger partial charge in [0.2, 0.25) is 0 Å². The van der Waals surface area contributed by atoms with Crippen LogP contribution in [0.3, 0.4) is 0 Å². The third-order valence-electron chi connectivity index (χ3n) is 12.9. The van der Waals surface area contributed by atoms with E-state index in [1.54, 1.807) is 17.5 Å². The molecule has 9 unspecified atom stereocenters. The van der Waals surface area contributed by atoms with E-state index < -0.39 is 0 Å². The SMILES string of the molecule is CC1=C2CC3C(CCC4CC(N)=C(/C=N/Sc5ccc(C)cc5)CC43C)C2CCC2(C1)OC1C[C@H](C)CNC1C2C.